The van der Waals surface area contributed by atoms with Gasteiger partial charge in [0.2, 0.25) is 20.0 Å². The molecule has 0 spiro atoms. The maximum atomic E-state index is 13.5. The van der Waals surface area contributed by atoms with Crippen molar-refractivity contribution in [3.63, 3.8) is 0 Å². The van der Waals surface area contributed by atoms with Gasteiger partial charge >= 0.3 is 0 Å². The summed E-state index contributed by atoms with van der Waals surface area (Å²) in [5, 5.41) is 0. The van der Waals surface area contributed by atoms with Crippen molar-refractivity contribution in [2.24, 2.45) is 0 Å². The van der Waals surface area contributed by atoms with E-state index in [1.54, 1.807) is 48.5 Å². The third-order valence-corrected chi connectivity index (χ3v) is 11.6. The van der Waals surface area contributed by atoms with Crippen molar-refractivity contribution in [2.75, 3.05) is 13.1 Å². The van der Waals surface area contributed by atoms with Gasteiger partial charge in [-0.25, -0.2) is 16.8 Å². The summed E-state index contributed by atoms with van der Waals surface area (Å²) in [6, 6.07) is 17.3. The van der Waals surface area contributed by atoms with Gasteiger partial charge in [0.05, 0.1) is 9.79 Å². The summed E-state index contributed by atoms with van der Waals surface area (Å²) in [6.07, 6.45) is 0.368. The van der Waals surface area contributed by atoms with Crippen molar-refractivity contribution in [1.29, 1.82) is 0 Å². The lowest BCUT2D eigenvalue weighted by atomic mass is 10.1. The fraction of sp³-hybridized carbons (Fsp3) is 0.280. The Morgan fingerprint density at radius 1 is 0.629 bits per heavy atom. The molecule has 0 N–H and O–H groups in total. The molecular weight excluding hydrogens is 616 g/mol. The molecule has 1 heterocycles. The number of nitrogens with zero attached hydrogens (tertiary/aromatic N) is 2. The highest BCUT2D eigenvalue weighted by Crippen LogP contribution is 2.32. The predicted molar refractivity (Wildman–Crippen MR) is 144 cm³/mol. The van der Waals surface area contributed by atoms with E-state index in [2.05, 4.69) is 31.9 Å². The molecule has 4 rings (SSSR count). The molecule has 0 unspecified atom stereocenters. The Kier molecular flexibility index (Phi) is 7.90. The Morgan fingerprint density at radius 2 is 0.971 bits per heavy atom. The second-order valence-corrected chi connectivity index (χ2v) is 14.3. The molecule has 35 heavy (non-hydrogen) atoms. The summed E-state index contributed by atoms with van der Waals surface area (Å²) in [5.41, 5.74) is 3.46. The fourth-order valence-corrected chi connectivity index (χ4v) is 7.71. The molecule has 0 bridgehead atoms. The van der Waals surface area contributed by atoms with Crippen molar-refractivity contribution in [3.8, 4) is 0 Å². The number of halogens is 2. The highest BCUT2D eigenvalue weighted by atomic mass is 79.9. The van der Waals surface area contributed by atoms with E-state index in [1.807, 2.05) is 26.0 Å². The minimum absolute atomic E-state index is 0.149. The highest BCUT2D eigenvalue weighted by Gasteiger charge is 2.31. The molecule has 1 aliphatic heterocycles. The van der Waals surface area contributed by atoms with Crippen LogP contribution in [0.4, 0.5) is 0 Å². The van der Waals surface area contributed by atoms with E-state index in [-0.39, 0.29) is 36.0 Å². The second kappa shape index (κ2) is 10.4. The van der Waals surface area contributed by atoms with Gasteiger partial charge in [0.1, 0.15) is 0 Å². The van der Waals surface area contributed by atoms with Crippen LogP contribution in [-0.4, -0.2) is 38.5 Å². The van der Waals surface area contributed by atoms with Crippen LogP contribution in [0.5, 0.6) is 0 Å². The Hall–Kier alpha value is -1.56. The number of hydrogen-bond acceptors (Lipinski definition) is 4. The first-order valence-electron chi connectivity index (χ1n) is 11.1. The van der Waals surface area contributed by atoms with Gasteiger partial charge < -0.3 is 0 Å². The number of sulfonamides is 2. The molecule has 0 saturated carbocycles. The third kappa shape index (κ3) is 5.73. The van der Waals surface area contributed by atoms with Crippen LogP contribution < -0.4 is 0 Å². The summed E-state index contributed by atoms with van der Waals surface area (Å²) < 4.78 is 58.6. The van der Waals surface area contributed by atoms with Gasteiger partial charge in [0.15, 0.2) is 0 Å². The summed E-state index contributed by atoms with van der Waals surface area (Å²) in [6.45, 7) is 4.51. The Bertz CT molecular complexity index is 1330. The quantitative estimate of drug-likeness (QED) is 0.371. The highest BCUT2D eigenvalue weighted by molar-refractivity contribution is 9.13. The van der Waals surface area contributed by atoms with E-state index >= 15 is 0 Å². The Morgan fingerprint density at radius 3 is 1.31 bits per heavy atom. The summed E-state index contributed by atoms with van der Waals surface area (Å²) in [5.74, 6) is 0. The minimum atomic E-state index is -3.77. The van der Waals surface area contributed by atoms with Gasteiger partial charge in [-0.15, -0.1) is 0 Å². The first-order valence-corrected chi connectivity index (χ1v) is 15.6. The number of benzene rings is 3. The summed E-state index contributed by atoms with van der Waals surface area (Å²) >= 11 is 7.03. The SMILES string of the molecule is Cc1ccc(S(=O)(=O)N2CCCN(S(=O)(=O)c3ccc(C)cc3)Cc3cc(Br)c(Br)cc3C2)cc1. The minimum Gasteiger partial charge on any atom is -0.207 e. The standard InChI is InChI=1S/C25H26Br2N2O4S2/c1-18-4-8-22(9-5-18)34(30,31)28-12-3-13-29(35(32,33)23-10-6-19(2)7-11-23)17-21-15-25(27)24(26)14-20(21)16-28/h4-11,14-15H,3,12-13,16-17H2,1-2H3. The number of hydrogen-bond donors (Lipinski definition) is 0. The van der Waals surface area contributed by atoms with Crippen LogP contribution >= 0.6 is 31.9 Å². The van der Waals surface area contributed by atoms with Crippen molar-refractivity contribution >= 4 is 51.9 Å². The maximum absolute atomic E-state index is 13.5. The molecule has 0 aromatic heterocycles. The Labute approximate surface area is 224 Å². The van der Waals surface area contributed by atoms with E-state index in [9.17, 15) is 16.8 Å². The maximum Gasteiger partial charge on any atom is 0.243 e. The lowest BCUT2D eigenvalue weighted by molar-refractivity contribution is 0.366. The average Bonchev–Trinajstić information content (AvgIpc) is 2.89. The molecule has 3 aromatic rings. The van der Waals surface area contributed by atoms with Crippen molar-refractivity contribution in [3.05, 3.63) is 91.9 Å². The van der Waals surface area contributed by atoms with Crippen LogP contribution in [0.15, 0.2) is 79.4 Å². The van der Waals surface area contributed by atoms with Crippen LogP contribution in [0.2, 0.25) is 0 Å². The zero-order valence-electron chi connectivity index (χ0n) is 19.4. The van der Waals surface area contributed by atoms with Gasteiger partial charge in [-0.3, -0.25) is 0 Å². The molecule has 0 saturated heterocycles. The smallest absolute Gasteiger partial charge is 0.207 e. The van der Waals surface area contributed by atoms with E-state index in [0.29, 0.717) is 6.42 Å². The first kappa shape index (κ1) is 26.5. The van der Waals surface area contributed by atoms with Gasteiger partial charge in [0.25, 0.3) is 0 Å². The van der Waals surface area contributed by atoms with Gasteiger partial charge in [-0.05, 0) is 99.7 Å². The van der Waals surface area contributed by atoms with Crippen molar-refractivity contribution in [1.82, 2.24) is 8.61 Å². The van der Waals surface area contributed by atoms with E-state index in [1.165, 1.54) is 8.61 Å². The molecule has 0 amide bonds. The fourth-order valence-electron chi connectivity index (χ4n) is 4.01. The van der Waals surface area contributed by atoms with E-state index < -0.39 is 20.0 Å². The first-order chi connectivity index (χ1) is 16.5. The van der Waals surface area contributed by atoms with Crippen molar-refractivity contribution in [2.45, 2.75) is 43.1 Å². The molecule has 6 nitrogen and oxygen atoms in total. The monoisotopic (exact) mass is 640 g/mol. The van der Waals surface area contributed by atoms with Gasteiger partial charge in [0, 0.05) is 35.1 Å². The lowest BCUT2D eigenvalue weighted by Gasteiger charge is -2.23. The molecule has 0 aliphatic carbocycles. The van der Waals surface area contributed by atoms with Gasteiger partial charge in [-0.1, -0.05) is 35.4 Å². The van der Waals surface area contributed by atoms with Crippen LogP contribution in [0.1, 0.15) is 28.7 Å². The van der Waals surface area contributed by atoms with E-state index in [4.69, 9.17) is 0 Å². The van der Waals surface area contributed by atoms with Crippen LogP contribution in [0.3, 0.4) is 0 Å². The van der Waals surface area contributed by atoms with E-state index in [0.717, 1.165) is 31.2 Å². The summed E-state index contributed by atoms with van der Waals surface area (Å²) in [7, 11) is -7.54. The largest absolute Gasteiger partial charge is 0.243 e. The molecule has 186 valence electrons. The number of rotatable bonds is 4. The zero-order valence-corrected chi connectivity index (χ0v) is 24.2. The molecule has 0 fully saturated rings. The van der Waals surface area contributed by atoms with Crippen LogP contribution in [0, 0.1) is 13.8 Å². The van der Waals surface area contributed by atoms with Crippen molar-refractivity contribution < 1.29 is 16.8 Å². The molecule has 0 atom stereocenters. The van der Waals surface area contributed by atoms with Crippen LogP contribution in [0.25, 0.3) is 0 Å². The average molecular weight is 642 g/mol. The summed E-state index contributed by atoms with van der Waals surface area (Å²) in [4.78, 5) is 0.452. The number of aryl methyl sites for hydroxylation is 2. The molecule has 0 radical (unpaired) electrons. The zero-order chi connectivity index (χ0) is 25.4. The molecular formula is C25H26Br2N2O4S2. The second-order valence-electron chi connectivity index (χ2n) is 8.69. The topological polar surface area (TPSA) is 74.8 Å². The molecule has 1 aliphatic rings. The lowest BCUT2D eigenvalue weighted by Crippen LogP contribution is -2.34. The van der Waals surface area contributed by atoms with Crippen LogP contribution in [-0.2, 0) is 33.1 Å². The Balaban J connectivity index is 1.75. The molecule has 3 aromatic carbocycles. The molecule has 10 heteroatoms. The predicted octanol–water partition coefficient (Wildman–Crippen LogP) is 5.61. The third-order valence-electron chi connectivity index (χ3n) is 6.07. The number of fused-ring (bicyclic) bond motifs is 1. The normalized spacial score (nSPS) is 16.2. The van der Waals surface area contributed by atoms with Gasteiger partial charge in [-0.2, -0.15) is 8.61 Å².